The van der Waals surface area contributed by atoms with Gasteiger partial charge in [-0.15, -0.1) is 0 Å². The van der Waals surface area contributed by atoms with Crippen molar-refractivity contribution in [2.24, 2.45) is 0 Å². The van der Waals surface area contributed by atoms with Gasteiger partial charge in [0.25, 0.3) is 0 Å². The van der Waals surface area contributed by atoms with Gasteiger partial charge in [-0.2, -0.15) is 4.31 Å². The van der Waals surface area contributed by atoms with Crippen LogP contribution in [0, 0.1) is 0 Å². The zero-order valence-electron chi connectivity index (χ0n) is 12.0. The quantitative estimate of drug-likeness (QED) is 0.814. The van der Waals surface area contributed by atoms with Gasteiger partial charge in [-0.1, -0.05) is 23.2 Å². The standard InChI is InChI=1S/C15H13Cl2N3O2S/c16-9-1-3-12(17)15(5-9)23(21,22)20-10-2-4-14(20)11-7-18-8-19-13(11)6-10/h1,3,5,7-8,10,14H,2,4,6H2. The molecule has 0 N–H and O–H groups in total. The molecule has 2 aliphatic rings. The lowest BCUT2D eigenvalue weighted by molar-refractivity contribution is 0.300. The number of rotatable bonds is 2. The van der Waals surface area contributed by atoms with Crippen molar-refractivity contribution in [3.05, 3.63) is 52.0 Å². The molecule has 0 saturated carbocycles. The van der Waals surface area contributed by atoms with Crippen LogP contribution < -0.4 is 0 Å². The van der Waals surface area contributed by atoms with Crippen molar-refractivity contribution in [2.75, 3.05) is 0 Å². The maximum absolute atomic E-state index is 13.2. The van der Waals surface area contributed by atoms with Crippen LogP contribution in [-0.4, -0.2) is 28.7 Å². The van der Waals surface area contributed by atoms with Crippen molar-refractivity contribution in [1.29, 1.82) is 0 Å². The van der Waals surface area contributed by atoms with Crippen molar-refractivity contribution in [3.63, 3.8) is 0 Å². The van der Waals surface area contributed by atoms with Crippen LogP contribution in [0.25, 0.3) is 0 Å². The van der Waals surface area contributed by atoms with E-state index in [2.05, 4.69) is 9.97 Å². The van der Waals surface area contributed by atoms with Gasteiger partial charge < -0.3 is 0 Å². The van der Waals surface area contributed by atoms with Gasteiger partial charge in [0, 0.05) is 29.2 Å². The summed E-state index contributed by atoms with van der Waals surface area (Å²) in [5.41, 5.74) is 1.83. The smallest absolute Gasteiger partial charge is 0.244 e. The Kier molecular flexibility index (Phi) is 3.61. The molecule has 120 valence electrons. The summed E-state index contributed by atoms with van der Waals surface area (Å²) in [6.07, 6.45) is 5.40. The summed E-state index contributed by atoms with van der Waals surface area (Å²) in [6, 6.07) is 4.18. The summed E-state index contributed by atoms with van der Waals surface area (Å²) < 4.78 is 27.9. The summed E-state index contributed by atoms with van der Waals surface area (Å²) >= 11 is 12.1. The van der Waals surface area contributed by atoms with E-state index < -0.39 is 10.0 Å². The first kappa shape index (κ1) is 15.3. The van der Waals surface area contributed by atoms with Gasteiger partial charge in [-0.05, 0) is 31.0 Å². The van der Waals surface area contributed by atoms with Gasteiger partial charge in [0.05, 0.1) is 16.8 Å². The predicted octanol–water partition coefficient (Wildman–Crippen LogP) is 3.23. The minimum absolute atomic E-state index is 0.0591. The number of aromatic nitrogens is 2. The second-order valence-electron chi connectivity index (χ2n) is 5.79. The number of halogens is 2. The third-order valence-electron chi connectivity index (χ3n) is 4.50. The van der Waals surface area contributed by atoms with Crippen LogP contribution in [0.3, 0.4) is 0 Å². The molecule has 3 heterocycles. The zero-order chi connectivity index (χ0) is 16.2. The minimum atomic E-state index is -3.73. The molecule has 0 amide bonds. The highest BCUT2D eigenvalue weighted by Gasteiger charge is 2.47. The summed E-state index contributed by atoms with van der Waals surface area (Å²) in [5.74, 6) is 0. The van der Waals surface area contributed by atoms with E-state index in [0.29, 0.717) is 11.4 Å². The molecule has 2 bridgehead atoms. The largest absolute Gasteiger partial charge is 0.245 e. The fourth-order valence-corrected chi connectivity index (χ4v) is 6.12. The average molecular weight is 370 g/mol. The molecular weight excluding hydrogens is 357 g/mol. The van der Waals surface area contributed by atoms with Crippen molar-refractivity contribution < 1.29 is 8.42 Å². The highest BCUT2D eigenvalue weighted by Crippen LogP contribution is 2.46. The molecule has 0 spiro atoms. The Balaban J connectivity index is 1.84. The average Bonchev–Trinajstić information content (AvgIpc) is 2.86. The van der Waals surface area contributed by atoms with Gasteiger partial charge in [0.2, 0.25) is 10.0 Å². The van der Waals surface area contributed by atoms with E-state index >= 15 is 0 Å². The van der Waals surface area contributed by atoms with Crippen LogP contribution in [0.2, 0.25) is 10.0 Å². The van der Waals surface area contributed by atoms with Crippen molar-refractivity contribution in [1.82, 2.24) is 14.3 Å². The number of nitrogens with zero attached hydrogens (tertiary/aromatic N) is 3. The molecule has 1 aromatic heterocycles. The topological polar surface area (TPSA) is 63.2 Å². The predicted molar refractivity (Wildman–Crippen MR) is 87.0 cm³/mol. The Hall–Kier alpha value is -1.21. The molecule has 1 aromatic carbocycles. The highest BCUT2D eigenvalue weighted by molar-refractivity contribution is 7.89. The number of hydrogen-bond acceptors (Lipinski definition) is 4. The van der Waals surface area contributed by atoms with Gasteiger partial charge >= 0.3 is 0 Å². The summed E-state index contributed by atoms with van der Waals surface area (Å²) in [4.78, 5) is 8.42. The van der Waals surface area contributed by atoms with Crippen LogP contribution in [0.4, 0.5) is 0 Å². The molecule has 5 nitrogen and oxygen atoms in total. The van der Waals surface area contributed by atoms with Crippen molar-refractivity contribution in [2.45, 2.75) is 36.2 Å². The highest BCUT2D eigenvalue weighted by atomic mass is 35.5. The van der Waals surface area contributed by atoms with E-state index in [1.807, 2.05) is 0 Å². The number of fused-ring (bicyclic) bond motifs is 4. The van der Waals surface area contributed by atoms with Gasteiger partial charge in [-0.3, -0.25) is 0 Å². The third-order valence-corrected chi connectivity index (χ3v) is 7.18. The monoisotopic (exact) mass is 369 g/mol. The van der Waals surface area contributed by atoms with E-state index in [-0.39, 0.29) is 22.0 Å². The second kappa shape index (κ2) is 5.41. The Morgan fingerprint density at radius 2 is 2.04 bits per heavy atom. The SMILES string of the molecule is O=S(=O)(c1cc(Cl)ccc1Cl)N1C2CCC1c1cncnc1C2. The van der Waals surface area contributed by atoms with E-state index in [9.17, 15) is 8.42 Å². The van der Waals surface area contributed by atoms with Gasteiger partial charge in [0.1, 0.15) is 11.2 Å². The summed E-state index contributed by atoms with van der Waals surface area (Å²) in [6.45, 7) is 0. The Morgan fingerprint density at radius 1 is 1.22 bits per heavy atom. The Morgan fingerprint density at radius 3 is 2.87 bits per heavy atom. The third kappa shape index (κ3) is 2.36. The summed E-state index contributed by atoms with van der Waals surface area (Å²) in [7, 11) is -3.73. The minimum Gasteiger partial charge on any atom is -0.244 e. The van der Waals surface area contributed by atoms with Crippen molar-refractivity contribution >= 4 is 33.2 Å². The molecule has 23 heavy (non-hydrogen) atoms. The molecule has 0 aliphatic carbocycles. The van der Waals surface area contributed by atoms with E-state index in [1.165, 1.54) is 18.5 Å². The van der Waals surface area contributed by atoms with Crippen LogP contribution in [0.15, 0.2) is 35.6 Å². The molecule has 2 unspecified atom stereocenters. The molecule has 0 radical (unpaired) electrons. The summed E-state index contributed by atoms with van der Waals surface area (Å²) in [5, 5.41) is 0.532. The Bertz CT molecular complexity index is 888. The molecule has 8 heteroatoms. The van der Waals surface area contributed by atoms with Gasteiger partial charge in [-0.25, -0.2) is 18.4 Å². The molecular formula is C15H13Cl2N3O2S. The second-order valence-corrected chi connectivity index (χ2v) is 8.44. The number of benzene rings is 1. The maximum atomic E-state index is 13.2. The lowest BCUT2D eigenvalue weighted by Gasteiger charge is -2.34. The number of hydrogen-bond donors (Lipinski definition) is 0. The van der Waals surface area contributed by atoms with Crippen LogP contribution in [0.5, 0.6) is 0 Å². The maximum Gasteiger partial charge on any atom is 0.245 e. The molecule has 1 fully saturated rings. The van der Waals surface area contributed by atoms with Gasteiger partial charge in [0.15, 0.2) is 0 Å². The first-order valence-electron chi connectivity index (χ1n) is 7.26. The molecule has 1 saturated heterocycles. The first-order valence-corrected chi connectivity index (χ1v) is 9.45. The van der Waals surface area contributed by atoms with Crippen molar-refractivity contribution in [3.8, 4) is 0 Å². The normalized spacial score (nSPS) is 23.7. The zero-order valence-corrected chi connectivity index (χ0v) is 14.3. The number of sulfonamides is 1. The Labute approximate surface area is 144 Å². The fourth-order valence-electron chi connectivity index (χ4n) is 3.53. The molecule has 2 aromatic rings. The van der Waals surface area contributed by atoms with Crippen LogP contribution in [0.1, 0.15) is 30.1 Å². The first-order chi connectivity index (χ1) is 11.0. The molecule has 2 aliphatic heterocycles. The molecule has 4 rings (SSSR count). The van der Waals surface area contributed by atoms with E-state index in [0.717, 1.165) is 24.1 Å². The van der Waals surface area contributed by atoms with Crippen LogP contribution >= 0.6 is 23.2 Å². The van der Waals surface area contributed by atoms with E-state index in [1.54, 1.807) is 16.6 Å². The van der Waals surface area contributed by atoms with E-state index in [4.69, 9.17) is 23.2 Å². The molecule has 2 atom stereocenters. The lowest BCUT2D eigenvalue weighted by atomic mass is 10.0. The van der Waals surface area contributed by atoms with Crippen LogP contribution in [-0.2, 0) is 16.4 Å². The lowest BCUT2D eigenvalue weighted by Crippen LogP contribution is -2.42. The fraction of sp³-hybridized carbons (Fsp3) is 0.333.